The van der Waals surface area contributed by atoms with Gasteiger partial charge in [0.2, 0.25) is 11.0 Å². The first kappa shape index (κ1) is 16.9. The van der Waals surface area contributed by atoms with Crippen molar-refractivity contribution in [3.8, 4) is 0 Å². The smallest absolute Gasteiger partial charge is 0.337 e. The zero-order chi connectivity index (χ0) is 17.1. The van der Waals surface area contributed by atoms with Crippen LogP contribution in [-0.2, 0) is 15.3 Å². The van der Waals surface area contributed by atoms with Crippen LogP contribution in [-0.4, -0.2) is 29.2 Å². The Hall–Kier alpha value is -1.93. The van der Waals surface area contributed by atoms with E-state index in [1.165, 1.54) is 18.4 Å². The number of methoxy groups -OCH3 is 1. The van der Waals surface area contributed by atoms with Gasteiger partial charge in [-0.1, -0.05) is 42.2 Å². The van der Waals surface area contributed by atoms with Crippen LogP contribution < -0.4 is 5.32 Å². The van der Waals surface area contributed by atoms with Crippen molar-refractivity contribution in [2.45, 2.75) is 23.4 Å². The molecule has 0 aliphatic heterocycles. The number of ether oxygens (including phenoxy) is 1. The second-order valence-electron chi connectivity index (χ2n) is 5.66. The number of nitrogens with one attached hydrogen (secondary N) is 1. The van der Waals surface area contributed by atoms with Crippen LogP contribution in [0.25, 0.3) is 0 Å². The topological polar surface area (TPSA) is 81.2 Å². The molecule has 1 aromatic heterocycles. The zero-order valence-electron chi connectivity index (χ0n) is 13.3. The molecule has 8 heteroatoms. The fourth-order valence-corrected chi connectivity index (χ4v) is 3.91. The van der Waals surface area contributed by atoms with Crippen molar-refractivity contribution in [3.05, 3.63) is 35.4 Å². The summed E-state index contributed by atoms with van der Waals surface area (Å²) in [5.74, 6) is 0.999. The SMILES string of the molecule is COC(=O)c1ccc(CSc2nnc(NC(=O)[C@@H]3C[C@@H]3C)s2)cc1. The Kier molecular flexibility index (Phi) is 5.15. The van der Waals surface area contributed by atoms with Crippen molar-refractivity contribution >= 4 is 40.1 Å². The summed E-state index contributed by atoms with van der Waals surface area (Å²) in [7, 11) is 1.36. The number of esters is 1. The van der Waals surface area contributed by atoms with Crippen molar-refractivity contribution in [1.82, 2.24) is 10.2 Å². The van der Waals surface area contributed by atoms with Gasteiger partial charge in [0.1, 0.15) is 0 Å². The Balaban J connectivity index is 1.51. The second kappa shape index (κ2) is 7.31. The highest BCUT2D eigenvalue weighted by Crippen LogP contribution is 2.39. The molecule has 0 radical (unpaired) electrons. The van der Waals surface area contributed by atoms with Crippen LogP contribution in [0.2, 0.25) is 0 Å². The van der Waals surface area contributed by atoms with E-state index in [2.05, 4.69) is 27.2 Å². The fourth-order valence-electron chi connectivity index (χ4n) is 2.20. The highest BCUT2D eigenvalue weighted by Gasteiger charge is 2.39. The minimum Gasteiger partial charge on any atom is -0.465 e. The van der Waals surface area contributed by atoms with E-state index in [0.717, 1.165) is 16.3 Å². The molecule has 1 aliphatic carbocycles. The maximum absolute atomic E-state index is 11.9. The molecule has 1 N–H and O–H groups in total. The average Bonchev–Trinajstić information content (AvgIpc) is 3.17. The van der Waals surface area contributed by atoms with Gasteiger partial charge < -0.3 is 10.1 Å². The normalized spacial score (nSPS) is 18.9. The molecule has 1 amide bonds. The van der Waals surface area contributed by atoms with Gasteiger partial charge in [0.15, 0.2) is 4.34 Å². The highest BCUT2D eigenvalue weighted by molar-refractivity contribution is 8.00. The number of anilines is 1. The Labute approximate surface area is 148 Å². The van der Waals surface area contributed by atoms with Crippen LogP contribution in [0.3, 0.4) is 0 Å². The number of carbonyl (C=O) groups is 2. The Morgan fingerprint density at radius 2 is 2.04 bits per heavy atom. The largest absolute Gasteiger partial charge is 0.465 e. The third kappa shape index (κ3) is 4.12. The number of hydrogen-bond acceptors (Lipinski definition) is 7. The van der Waals surface area contributed by atoms with Crippen LogP contribution >= 0.6 is 23.1 Å². The lowest BCUT2D eigenvalue weighted by Crippen LogP contribution is -2.14. The molecule has 1 aliphatic rings. The fraction of sp³-hybridized carbons (Fsp3) is 0.375. The molecule has 24 heavy (non-hydrogen) atoms. The van der Waals surface area contributed by atoms with Gasteiger partial charge in [-0.15, -0.1) is 10.2 Å². The molecule has 3 rings (SSSR count). The van der Waals surface area contributed by atoms with E-state index in [0.29, 0.717) is 22.4 Å². The van der Waals surface area contributed by atoms with Crippen molar-refractivity contribution < 1.29 is 14.3 Å². The summed E-state index contributed by atoms with van der Waals surface area (Å²) in [5, 5.41) is 11.5. The second-order valence-corrected chi connectivity index (χ2v) is 7.86. The maximum atomic E-state index is 11.9. The highest BCUT2D eigenvalue weighted by atomic mass is 32.2. The monoisotopic (exact) mass is 363 g/mol. The van der Waals surface area contributed by atoms with Gasteiger partial charge in [0, 0.05) is 11.7 Å². The summed E-state index contributed by atoms with van der Waals surface area (Å²) < 4.78 is 5.47. The predicted octanol–water partition coefficient (Wildman–Crippen LogP) is 3.21. The summed E-state index contributed by atoms with van der Waals surface area (Å²) in [5.41, 5.74) is 1.60. The molecular weight excluding hydrogens is 346 g/mol. The van der Waals surface area contributed by atoms with Crippen molar-refractivity contribution in [1.29, 1.82) is 0 Å². The number of nitrogens with zero attached hydrogens (tertiary/aromatic N) is 2. The summed E-state index contributed by atoms with van der Waals surface area (Å²) >= 11 is 2.92. The van der Waals surface area contributed by atoms with E-state index in [-0.39, 0.29) is 17.8 Å². The summed E-state index contributed by atoms with van der Waals surface area (Å²) in [6, 6.07) is 7.25. The van der Waals surface area contributed by atoms with Crippen LogP contribution in [0.4, 0.5) is 5.13 Å². The summed E-state index contributed by atoms with van der Waals surface area (Å²) in [4.78, 5) is 23.3. The van der Waals surface area contributed by atoms with E-state index in [1.807, 2.05) is 12.1 Å². The molecular formula is C16H17N3O3S2. The van der Waals surface area contributed by atoms with Gasteiger partial charge in [0.25, 0.3) is 0 Å². The average molecular weight is 363 g/mol. The van der Waals surface area contributed by atoms with Gasteiger partial charge in [-0.05, 0) is 30.0 Å². The lowest BCUT2D eigenvalue weighted by Gasteiger charge is -2.01. The number of benzene rings is 1. The van der Waals surface area contributed by atoms with Crippen LogP contribution in [0.1, 0.15) is 29.3 Å². The Bertz CT molecular complexity index is 745. The van der Waals surface area contributed by atoms with Crippen molar-refractivity contribution in [2.75, 3.05) is 12.4 Å². The third-order valence-corrected chi connectivity index (χ3v) is 5.86. The number of amides is 1. The molecule has 0 unspecified atom stereocenters. The number of carbonyl (C=O) groups excluding carboxylic acids is 2. The van der Waals surface area contributed by atoms with E-state index in [4.69, 9.17) is 0 Å². The lowest BCUT2D eigenvalue weighted by atomic mass is 10.1. The van der Waals surface area contributed by atoms with Gasteiger partial charge in [-0.2, -0.15) is 0 Å². The quantitative estimate of drug-likeness (QED) is 0.482. The maximum Gasteiger partial charge on any atom is 0.337 e. The minimum atomic E-state index is -0.344. The molecule has 1 heterocycles. The summed E-state index contributed by atoms with van der Waals surface area (Å²) in [6.45, 7) is 2.07. The van der Waals surface area contributed by atoms with E-state index in [1.54, 1.807) is 23.9 Å². The number of rotatable bonds is 6. The van der Waals surface area contributed by atoms with Gasteiger partial charge in [-0.3, -0.25) is 4.79 Å². The van der Waals surface area contributed by atoms with Crippen LogP contribution in [0, 0.1) is 11.8 Å². The summed E-state index contributed by atoms with van der Waals surface area (Å²) in [6.07, 6.45) is 0.952. The molecule has 0 bridgehead atoms. The lowest BCUT2D eigenvalue weighted by molar-refractivity contribution is -0.117. The Morgan fingerprint density at radius 3 is 2.67 bits per heavy atom. The number of aromatic nitrogens is 2. The molecule has 2 atom stereocenters. The van der Waals surface area contributed by atoms with Gasteiger partial charge in [0.05, 0.1) is 12.7 Å². The van der Waals surface area contributed by atoms with Gasteiger partial charge in [-0.25, -0.2) is 4.79 Å². The molecule has 2 aromatic rings. The standard InChI is InChI=1S/C16H17N3O3S2/c1-9-7-12(9)13(20)17-15-18-19-16(24-15)23-8-10-3-5-11(6-4-10)14(21)22-2/h3-6,9,12H,7-8H2,1-2H3,(H,17,18,20)/t9-,12+/m0/s1. The molecule has 0 saturated heterocycles. The van der Waals surface area contributed by atoms with Crippen molar-refractivity contribution in [2.24, 2.45) is 11.8 Å². The molecule has 126 valence electrons. The first-order valence-corrected chi connectivity index (χ1v) is 9.31. The minimum absolute atomic E-state index is 0.0357. The van der Waals surface area contributed by atoms with E-state index < -0.39 is 0 Å². The van der Waals surface area contributed by atoms with E-state index >= 15 is 0 Å². The predicted molar refractivity (Wildman–Crippen MR) is 93.2 cm³/mol. The van der Waals surface area contributed by atoms with Crippen LogP contribution in [0.5, 0.6) is 0 Å². The van der Waals surface area contributed by atoms with Gasteiger partial charge >= 0.3 is 5.97 Å². The molecule has 1 saturated carbocycles. The first-order valence-electron chi connectivity index (χ1n) is 7.51. The third-order valence-electron chi connectivity index (χ3n) is 3.82. The van der Waals surface area contributed by atoms with Crippen molar-refractivity contribution in [3.63, 3.8) is 0 Å². The number of thioether (sulfide) groups is 1. The van der Waals surface area contributed by atoms with E-state index in [9.17, 15) is 9.59 Å². The first-order chi connectivity index (χ1) is 11.6. The molecule has 0 spiro atoms. The number of hydrogen-bond donors (Lipinski definition) is 1. The zero-order valence-corrected chi connectivity index (χ0v) is 14.9. The van der Waals surface area contributed by atoms with Crippen LogP contribution in [0.15, 0.2) is 28.6 Å². The molecule has 1 fully saturated rings. The Morgan fingerprint density at radius 1 is 1.33 bits per heavy atom. The molecule has 6 nitrogen and oxygen atoms in total. The molecule has 1 aromatic carbocycles.